The number of amides is 1. The Morgan fingerprint density at radius 3 is 2.83 bits per heavy atom. The number of nitrogens with zero attached hydrogens (tertiary/aromatic N) is 4. The van der Waals surface area contributed by atoms with Crippen molar-refractivity contribution in [2.75, 3.05) is 12.3 Å². The van der Waals surface area contributed by atoms with Crippen molar-refractivity contribution in [1.82, 2.24) is 19.7 Å². The van der Waals surface area contributed by atoms with Crippen molar-refractivity contribution in [3.05, 3.63) is 46.9 Å². The van der Waals surface area contributed by atoms with Crippen molar-refractivity contribution in [3.63, 3.8) is 0 Å². The van der Waals surface area contributed by atoms with Crippen LogP contribution in [0.5, 0.6) is 5.75 Å². The molecule has 0 bridgehead atoms. The van der Waals surface area contributed by atoms with Gasteiger partial charge in [-0.3, -0.25) is 9.36 Å². The van der Waals surface area contributed by atoms with Gasteiger partial charge in [0.2, 0.25) is 5.91 Å². The van der Waals surface area contributed by atoms with Crippen molar-refractivity contribution >= 4 is 29.3 Å². The average Bonchev–Trinajstić information content (AvgIpc) is 3.53. The lowest BCUT2D eigenvalue weighted by Crippen LogP contribution is -2.32. The molecule has 1 amide bonds. The van der Waals surface area contributed by atoms with E-state index in [9.17, 15) is 4.79 Å². The van der Waals surface area contributed by atoms with E-state index >= 15 is 0 Å². The van der Waals surface area contributed by atoms with Crippen LogP contribution in [0, 0.1) is 0 Å². The highest BCUT2D eigenvalue weighted by Crippen LogP contribution is 2.39. The van der Waals surface area contributed by atoms with Crippen LogP contribution in [-0.4, -0.2) is 37.9 Å². The number of hydrogen-bond donors (Lipinski definition) is 0. The summed E-state index contributed by atoms with van der Waals surface area (Å²) in [5.74, 6) is 1.90. The van der Waals surface area contributed by atoms with Gasteiger partial charge in [-0.05, 0) is 57.6 Å². The molecule has 1 heterocycles. The molecule has 0 atom stereocenters. The van der Waals surface area contributed by atoms with Crippen LogP contribution in [0.3, 0.4) is 0 Å². The van der Waals surface area contributed by atoms with Crippen molar-refractivity contribution in [3.8, 4) is 5.75 Å². The number of thioether (sulfide) groups is 1. The maximum Gasteiger partial charge on any atom is 0.237 e. The SMILES string of the molecule is CCN(C(=O)CSc1nnc(COc2ccccc2Cl)n1C1CC1)C1=CCCCC1. The van der Waals surface area contributed by atoms with Gasteiger partial charge in [-0.2, -0.15) is 0 Å². The van der Waals surface area contributed by atoms with E-state index in [4.69, 9.17) is 16.3 Å². The molecular weight excluding hydrogens is 420 g/mol. The Balaban J connectivity index is 1.41. The maximum absolute atomic E-state index is 12.9. The normalized spacial score (nSPS) is 16.3. The second-order valence-electron chi connectivity index (χ2n) is 7.59. The predicted molar refractivity (Wildman–Crippen MR) is 119 cm³/mol. The van der Waals surface area contributed by atoms with Crippen molar-refractivity contribution < 1.29 is 9.53 Å². The van der Waals surface area contributed by atoms with Crippen molar-refractivity contribution in [1.29, 1.82) is 0 Å². The summed E-state index contributed by atoms with van der Waals surface area (Å²) >= 11 is 7.65. The summed E-state index contributed by atoms with van der Waals surface area (Å²) < 4.78 is 8.00. The third kappa shape index (κ3) is 5.01. The molecule has 8 heteroatoms. The Hall–Kier alpha value is -1.99. The third-order valence-corrected chi connectivity index (χ3v) is 6.64. The smallest absolute Gasteiger partial charge is 0.237 e. The van der Waals surface area contributed by atoms with E-state index in [1.54, 1.807) is 6.07 Å². The molecule has 1 saturated carbocycles. The summed E-state index contributed by atoms with van der Waals surface area (Å²) in [6.07, 6.45) is 8.86. The van der Waals surface area contributed by atoms with Crippen molar-refractivity contribution in [2.45, 2.75) is 63.3 Å². The minimum Gasteiger partial charge on any atom is -0.484 e. The Kier molecular flexibility index (Phi) is 7.00. The highest BCUT2D eigenvalue weighted by atomic mass is 35.5. The van der Waals surface area contributed by atoms with E-state index in [2.05, 4.69) is 20.8 Å². The van der Waals surface area contributed by atoms with Gasteiger partial charge in [-0.1, -0.05) is 41.6 Å². The number of benzene rings is 1. The molecule has 160 valence electrons. The highest BCUT2D eigenvalue weighted by Gasteiger charge is 2.30. The van der Waals surface area contributed by atoms with Crippen molar-refractivity contribution in [2.24, 2.45) is 0 Å². The maximum atomic E-state index is 12.9. The summed E-state index contributed by atoms with van der Waals surface area (Å²) in [4.78, 5) is 14.8. The lowest BCUT2D eigenvalue weighted by molar-refractivity contribution is -0.126. The summed E-state index contributed by atoms with van der Waals surface area (Å²) in [5, 5.41) is 10.1. The number of aromatic nitrogens is 3. The summed E-state index contributed by atoms with van der Waals surface area (Å²) in [6, 6.07) is 7.80. The first kappa shape index (κ1) is 21.2. The number of carbonyl (C=O) groups is 1. The van der Waals surface area contributed by atoms with E-state index in [1.165, 1.54) is 23.9 Å². The lowest BCUT2D eigenvalue weighted by atomic mass is 10.0. The largest absolute Gasteiger partial charge is 0.484 e. The minimum absolute atomic E-state index is 0.134. The third-order valence-electron chi connectivity index (χ3n) is 5.40. The topological polar surface area (TPSA) is 60.3 Å². The summed E-state index contributed by atoms with van der Waals surface area (Å²) in [7, 11) is 0. The van der Waals surface area contributed by atoms with E-state index in [-0.39, 0.29) is 5.91 Å². The number of allylic oxidation sites excluding steroid dienone is 2. The molecule has 1 fully saturated rings. The molecule has 2 aliphatic carbocycles. The second kappa shape index (κ2) is 9.88. The lowest BCUT2D eigenvalue weighted by Gasteiger charge is -2.26. The summed E-state index contributed by atoms with van der Waals surface area (Å²) in [5.41, 5.74) is 1.17. The predicted octanol–water partition coefficient (Wildman–Crippen LogP) is 5.24. The molecule has 2 aromatic rings. The molecule has 4 rings (SSSR count). The monoisotopic (exact) mass is 446 g/mol. The van der Waals surface area contributed by atoms with Gasteiger partial charge in [0.05, 0.1) is 10.8 Å². The molecule has 0 unspecified atom stereocenters. The van der Waals surface area contributed by atoms with E-state index in [0.29, 0.717) is 35.7 Å². The second-order valence-corrected chi connectivity index (χ2v) is 8.94. The fraction of sp³-hybridized carbons (Fsp3) is 0.500. The van der Waals surface area contributed by atoms with Crippen LogP contribution in [0.1, 0.15) is 57.3 Å². The van der Waals surface area contributed by atoms with Crippen LogP contribution in [-0.2, 0) is 11.4 Å². The molecule has 0 saturated heterocycles. The average molecular weight is 447 g/mol. The number of ether oxygens (including phenoxy) is 1. The quantitative estimate of drug-likeness (QED) is 0.492. The molecule has 1 aromatic carbocycles. The van der Waals surface area contributed by atoms with Crippen LogP contribution in [0.4, 0.5) is 0 Å². The van der Waals surface area contributed by atoms with Gasteiger partial charge in [0, 0.05) is 18.3 Å². The fourth-order valence-corrected chi connectivity index (χ4v) is 4.81. The minimum atomic E-state index is 0.134. The first-order valence-corrected chi connectivity index (χ1v) is 12.0. The van der Waals surface area contributed by atoms with Crippen LogP contribution in [0.2, 0.25) is 5.02 Å². The first-order valence-electron chi connectivity index (χ1n) is 10.6. The van der Waals surface area contributed by atoms with Gasteiger partial charge in [0.15, 0.2) is 11.0 Å². The number of para-hydroxylation sites is 1. The molecule has 1 aromatic heterocycles. The standard InChI is InChI=1S/C22H27ClN4O2S/c1-2-26(16-8-4-3-5-9-16)21(28)15-30-22-25-24-20(27(22)17-12-13-17)14-29-19-11-7-6-10-18(19)23/h6-8,10-11,17H,2-5,9,12-15H2,1H3. The Bertz CT molecular complexity index is 926. The zero-order chi connectivity index (χ0) is 20.9. The van der Waals surface area contributed by atoms with Gasteiger partial charge in [-0.15, -0.1) is 10.2 Å². The molecule has 30 heavy (non-hydrogen) atoms. The molecule has 0 N–H and O–H groups in total. The zero-order valence-corrected chi connectivity index (χ0v) is 18.8. The number of hydrogen-bond acceptors (Lipinski definition) is 5. The molecule has 0 radical (unpaired) electrons. The van der Waals surface area contributed by atoms with E-state index in [1.807, 2.05) is 30.0 Å². The van der Waals surface area contributed by atoms with Gasteiger partial charge in [0.25, 0.3) is 0 Å². The van der Waals surface area contributed by atoms with Gasteiger partial charge < -0.3 is 9.64 Å². The van der Waals surface area contributed by atoms with Gasteiger partial charge >= 0.3 is 0 Å². The van der Waals surface area contributed by atoms with Crippen LogP contribution < -0.4 is 4.74 Å². The Labute approximate surface area is 186 Å². The Morgan fingerprint density at radius 1 is 1.30 bits per heavy atom. The molecular formula is C22H27ClN4O2S. The number of rotatable bonds is 9. The number of carbonyl (C=O) groups excluding carboxylic acids is 1. The van der Waals surface area contributed by atoms with E-state index < -0.39 is 0 Å². The highest BCUT2D eigenvalue weighted by molar-refractivity contribution is 7.99. The van der Waals surface area contributed by atoms with Gasteiger partial charge in [-0.25, -0.2) is 0 Å². The molecule has 0 spiro atoms. The first-order chi connectivity index (χ1) is 14.7. The van der Waals surface area contributed by atoms with Crippen LogP contribution in [0.15, 0.2) is 41.2 Å². The number of halogens is 1. The molecule has 2 aliphatic rings. The molecule has 6 nitrogen and oxygen atoms in total. The van der Waals surface area contributed by atoms with E-state index in [0.717, 1.165) is 43.1 Å². The Morgan fingerprint density at radius 2 is 2.13 bits per heavy atom. The van der Waals surface area contributed by atoms with Gasteiger partial charge in [0.1, 0.15) is 12.4 Å². The molecule has 0 aliphatic heterocycles. The zero-order valence-electron chi connectivity index (χ0n) is 17.2. The fourth-order valence-electron chi connectivity index (χ4n) is 3.72. The summed E-state index contributed by atoms with van der Waals surface area (Å²) in [6.45, 7) is 3.04. The van der Waals surface area contributed by atoms with Crippen LogP contribution in [0.25, 0.3) is 0 Å². The van der Waals surface area contributed by atoms with Crippen LogP contribution >= 0.6 is 23.4 Å².